The topological polar surface area (TPSA) is 141 Å². The second kappa shape index (κ2) is 14.3. The van der Waals surface area contributed by atoms with Crippen LogP contribution in [0.5, 0.6) is 0 Å². The van der Waals surface area contributed by atoms with E-state index in [1.807, 2.05) is 6.92 Å². The summed E-state index contributed by atoms with van der Waals surface area (Å²) in [5, 5.41) is 2.66. The maximum absolute atomic E-state index is 14.0. The van der Waals surface area contributed by atoms with E-state index in [-0.39, 0.29) is 61.3 Å². The van der Waals surface area contributed by atoms with E-state index in [4.69, 9.17) is 0 Å². The molecule has 244 valence electrons. The first-order chi connectivity index (χ1) is 22.6. The Balaban J connectivity index is 1.44. The average Bonchev–Trinajstić information content (AvgIpc) is 3.50. The molecule has 0 spiro atoms. The summed E-state index contributed by atoms with van der Waals surface area (Å²) in [6.07, 6.45) is 4.18. The Morgan fingerprint density at radius 3 is 2.47 bits per heavy atom. The molecule has 0 radical (unpaired) electrons. The molecule has 0 fully saturated rings. The van der Waals surface area contributed by atoms with Crippen molar-refractivity contribution in [3.63, 3.8) is 0 Å². The van der Waals surface area contributed by atoms with Crippen LogP contribution < -0.4 is 27.0 Å². The van der Waals surface area contributed by atoms with Gasteiger partial charge in [-0.1, -0.05) is 13.0 Å². The molecule has 47 heavy (non-hydrogen) atoms. The molecule has 12 nitrogen and oxygen atoms in total. The quantitative estimate of drug-likeness (QED) is 0.251. The Morgan fingerprint density at radius 2 is 1.79 bits per heavy atom. The zero-order valence-corrected chi connectivity index (χ0v) is 25.9. The molecule has 5 rings (SSSR count). The second-order valence-corrected chi connectivity index (χ2v) is 11.0. The van der Waals surface area contributed by atoms with Gasteiger partial charge in [0.2, 0.25) is 11.5 Å². The van der Waals surface area contributed by atoms with Crippen molar-refractivity contribution in [3.05, 3.63) is 120 Å². The van der Waals surface area contributed by atoms with Crippen LogP contribution in [-0.2, 0) is 30.8 Å². The molecular weight excluding hydrogens is 612 g/mol. The van der Waals surface area contributed by atoms with Gasteiger partial charge in [0.05, 0.1) is 11.3 Å². The molecule has 0 aliphatic carbocycles. The number of aryl methyl sites for hydroxylation is 1. The average molecular weight is 646 g/mol. The van der Waals surface area contributed by atoms with Gasteiger partial charge in [-0.15, -0.1) is 0 Å². The largest absolute Gasteiger partial charge is 0.355 e. The Morgan fingerprint density at radius 1 is 0.979 bits per heavy atom. The number of carbonyl (C=O) groups excluding carboxylic acids is 2. The molecule has 14 heteroatoms. The van der Waals surface area contributed by atoms with Crippen molar-refractivity contribution >= 4 is 29.2 Å². The van der Waals surface area contributed by atoms with E-state index in [2.05, 4.69) is 15.3 Å². The van der Waals surface area contributed by atoms with E-state index in [0.717, 1.165) is 12.1 Å². The van der Waals surface area contributed by atoms with Crippen molar-refractivity contribution < 1.29 is 18.4 Å². The lowest BCUT2D eigenvalue weighted by atomic mass is 10.1. The van der Waals surface area contributed by atoms with Crippen LogP contribution in [0.4, 0.5) is 20.4 Å². The smallest absolute Gasteiger partial charge is 0.332 e. The predicted octanol–water partition coefficient (Wildman–Crippen LogP) is 2.81. The number of amides is 2. The zero-order chi connectivity index (χ0) is 33.7. The summed E-state index contributed by atoms with van der Waals surface area (Å²) >= 11 is 0. The number of benzene rings is 1. The fourth-order valence-corrected chi connectivity index (χ4v) is 5.36. The highest BCUT2D eigenvalue weighted by Gasteiger charge is 2.27. The lowest BCUT2D eigenvalue weighted by Gasteiger charge is -2.22. The number of hydrogen-bond acceptors (Lipinski definition) is 7. The molecule has 0 unspecified atom stereocenters. The first-order valence-corrected chi connectivity index (χ1v) is 15.2. The number of anilines is 1. The Labute approximate surface area is 267 Å². The van der Waals surface area contributed by atoms with Crippen LogP contribution in [0, 0.1) is 11.6 Å². The molecule has 0 saturated carbocycles. The van der Waals surface area contributed by atoms with E-state index in [1.54, 1.807) is 30.5 Å². The highest BCUT2D eigenvalue weighted by Crippen LogP contribution is 2.26. The van der Waals surface area contributed by atoms with Crippen LogP contribution in [0.25, 0.3) is 0 Å². The predicted molar refractivity (Wildman–Crippen MR) is 171 cm³/mol. The number of nitrogens with zero attached hydrogens (tertiary/aromatic N) is 6. The number of fused-ring (bicyclic) bond motifs is 1. The van der Waals surface area contributed by atoms with Crippen molar-refractivity contribution in [2.24, 2.45) is 4.99 Å². The third-order valence-electron chi connectivity index (χ3n) is 7.68. The number of hydrogen-bond donors (Lipinski definition) is 1. The minimum absolute atomic E-state index is 0.0807. The molecule has 4 heterocycles. The van der Waals surface area contributed by atoms with E-state index in [9.17, 15) is 32.8 Å². The van der Waals surface area contributed by atoms with Crippen molar-refractivity contribution in [1.82, 2.24) is 24.0 Å². The maximum atomic E-state index is 14.0. The third-order valence-corrected chi connectivity index (χ3v) is 7.68. The standard InChI is InChI=1S/C33H33F2N7O5/c1-3-13-42-32(46)24-19-27(38-30(24)41(33(42)47)17-12-36-21(2)43)23-9-11-28(37-20-23)40(16-6-15-39-14-5-4-7-29(39)44)31(45)22-8-10-25(34)26(35)18-22/h4-5,7-11,14,18,20H,3,6,12-13,15-17,19H2,1-2H3,(H,36,43). The molecule has 0 saturated heterocycles. The van der Waals surface area contributed by atoms with E-state index >= 15 is 0 Å². The number of nitrogens with one attached hydrogen (secondary N) is 1. The van der Waals surface area contributed by atoms with Crippen LogP contribution in [0.2, 0.25) is 0 Å². The van der Waals surface area contributed by atoms with Gasteiger partial charge in [0.15, 0.2) is 11.6 Å². The van der Waals surface area contributed by atoms with Crippen LogP contribution in [0.1, 0.15) is 48.2 Å². The van der Waals surface area contributed by atoms with Crippen molar-refractivity contribution in [2.45, 2.75) is 52.7 Å². The van der Waals surface area contributed by atoms with Gasteiger partial charge in [0.25, 0.3) is 11.5 Å². The zero-order valence-electron chi connectivity index (χ0n) is 25.9. The summed E-state index contributed by atoms with van der Waals surface area (Å²) in [5.74, 6) is -2.67. The number of rotatable bonds is 12. The minimum atomic E-state index is -1.16. The highest BCUT2D eigenvalue weighted by molar-refractivity contribution is 6.07. The van der Waals surface area contributed by atoms with Gasteiger partial charge < -0.3 is 9.88 Å². The molecule has 0 bridgehead atoms. The van der Waals surface area contributed by atoms with Gasteiger partial charge in [0.1, 0.15) is 11.6 Å². The maximum Gasteiger partial charge on any atom is 0.332 e. The lowest BCUT2D eigenvalue weighted by molar-refractivity contribution is -0.118. The van der Waals surface area contributed by atoms with Gasteiger partial charge in [-0.25, -0.2) is 23.6 Å². The number of pyridine rings is 2. The highest BCUT2D eigenvalue weighted by atomic mass is 19.2. The molecule has 1 aromatic carbocycles. The van der Waals surface area contributed by atoms with Gasteiger partial charge >= 0.3 is 5.69 Å². The van der Waals surface area contributed by atoms with Crippen molar-refractivity contribution in [2.75, 3.05) is 18.0 Å². The monoisotopic (exact) mass is 645 g/mol. The molecule has 1 N–H and O–H groups in total. The summed E-state index contributed by atoms with van der Waals surface area (Å²) in [7, 11) is 0. The van der Waals surface area contributed by atoms with Crippen LogP contribution >= 0.6 is 0 Å². The van der Waals surface area contributed by atoms with Gasteiger partial charge in [-0.05, 0) is 49.2 Å². The van der Waals surface area contributed by atoms with Crippen LogP contribution in [0.3, 0.4) is 0 Å². The summed E-state index contributed by atoms with van der Waals surface area (Å²) < 4.78 is 31.7. The Hall–Kier alpha value is -5.53. The second-order valence-electron chi connectivity index (χ2n) is 11.0. The third kappa shape index (κ3) is 7.16. The van der Waals surface area contributed by atoms with Gasteiger partial charge in [-0.3, -0.25) is 33.2 Å². The Bertz CT molecular complexity index is 2030. The molecule has 4 aromatic rings. The summed E-state index contributed by atoms with van der Waals surface area (Å²) in [6, 6.07) is 10.9. The Kier molecular flexibility index (Phi) is 9.97. The SMILES string of the molecule is CCCn1c(=O)c2c(n(CCNC(C)=O)c1=O)N=C(c1ccc(N(CCCn3ccccc3=O)C(=O)c3ccc(F)c(F)c3)nc1)C2. The first-order valence-electron chi connectivity index (χ1n) is 15.2. The minimum Gasteiger partial charge on any atom is -0.355 e. The molecule has 0 atom stereocenters. The van der Waals surface area contributed by atoms with E-state index < -0.39 is 28.8 Å². The van der Waals surface area contributed by atoms with Crippen LogP contribution in [-0.4, -0.2) is 49.3 Å². The molecule has 1 aliphatic heterocycles. The van der Waals surface area contributed by atoms with Gasteiger partial charge in [0, 0.05) is 75.7 Å². The van der Waals surface area contributed by atoms with Crippen LogP contribution in [0.15, 0.2) is 80.3 Å². The molecular formula is C33H33F2N7O5. The number of aromatic nitrogens is 4. The first kappa shape index (κ1) is 32.9. The molecule has 3 aromatic heterocycles. The fourth-order valence-electron chi connectivity index (χ4n) is 5.36. The lowest BCUT2D eigenvalue weighted by Crippen LogP contribution is -2.42. The van der Waals surface area contributed by atoms with Crippen molar-refractivity contribution in [1.29, 1.82) is 0 Å². The van der Waals surface area contributed by atoms with Crippen molar-refractivity contribution in [3.8, 4) is 0 Å². The van der Waals surface area contributed by atoms with E-state index in [0.29, 0.717) is 36.2 Å². The normalized spacial score (nSPS) is 12.0. The summed E-state index contributed by atoms with van der Waals surface area (Å²) in [6.45, 7) is 4.16. The number of halogens is 2. The molecule has 2 amide bonds. The fraction of sp³-hybridized carbons (Fsp3) is 0.303. The van der Waals surface area contributed by atoms with Gasteiger partial charge in [-0.2, -0.15) is 0 Å². The number of carbonyl (C=O) groups is 2. The van der Waals surface area contributed by atoms with E-state index in [1.165, 1.54) is 43.9 Å². The summed E-state index contributed by atoms with van der Waals surface area (Å²) in [4.78, 5) is 74.0. The molecule has 1 aliphatic rings. The summed E-state index contributed by atoms with van der Waals surface area (Å²) in [5.41, 5.74) is 0.168. The number of aliphatic imine (C=N–C) groups is 1.